The maximum absolute atomic E-state index is 13.1. The minimum Gasteiger partial charge on any atom is -0.294 e. The first kappa shape index (κ1) is 7.47. The molecule has 0 saturated carbocycles. The van der Waals surface area contributed by atoms with E-state index in [2.05, 4.69) is 0 Å². The number of halogens is 1. The molecule has 0 spiro atoms. The van der Waals surface area contributed by atoms with Crippen molar-refractivity contribution >= 4 is 5.78 Å². The van der Waals surface area contributed by atoms with Gasteiger partial charge in [-0.3, -0.25) is 4.79 Å². The third kappa shape index (κ3) is 0.876. The van der Waals surface area contributed by atoms with Gasteiger partial charge in [0.2, 0.25) is 0 Å². The molecule has 0 bridgehead atoms. The van der Waals surface area contributed by atoms with Crippen LogP contribution in [-0.4, -0.2) is 5.78 Å². The van der Waals surface area contributed by atoms with E-state index in [1.165, 1.54) is 6.07 Å². The predicted octanol–water partition coefficient (Wildman–Crippen LogP) is 2.20. The molecule has 0 saturated heterocycles. The molecule has 0 N–H and O–H groups in total. The van der Waals surface area contributed by atoms with Crippen molar-refractivity contribution in [2.45, 2.75) is 13.3 Å². The number of ketones is 1. The molecule has 1 aromatic carbocycles. The maximum atomic E-state index is 13.1. The zero-order chi connectivity index (χ0) is 8.72. The van der Waals surface area contributed by atoms with Crippen LogP contribution >= 0.6 is 0 Å². The molecule has 0 amide bonds. The summed E-state index contributed by atoms with van der Waals surface area (Å²) < 4.78 is 13.1. The zero-order valence-corrected chi connectivity index (χ0v) is 6.80. The van der Waals surface area contributed by atoms with Crippen LogP contribution in [0.3, 0.4) is 0 Å². The third-order valence-electron chi connectivity index (χ3n) is 2.34. The van der Waals surface area contributed by atoms with Crippen LogP contribution in [0.4, 0.5) is 4.39 Å². The highest BCUT2D eigenvalue weighted by Gasteiger charge is 2.28. The van der Waals surface area contributed by atoms with E-state index >= 15 is 0 Å². The molecule has 0 aromatic heterocycles. The Balaban J connectivity index is 2.61. The number of hydrogen-bond donors (Lipinski definition) is 0. The smallest absolute Gasteiger partial charge is 0.166 e. The molecule has 1 nitrogen and oxygen atoms in total. The average molecular weight is 164 g/mol. The van der Waals surface area contributed by atoms with Crippen LogP contribution in [0.2, 0.25) is 0 Å². The summed E-state index contributed by atoms with van der Waals surface area (Å²) in [6, 6.07) is 4.69. The lowest BCUT2D eigenvalue weighted by molar-refractivity contribution is 0.0946. The minimum absolute atomic E-state index is 0.0445. The highest BCUT2D eigenvalue weighted by Crippen LogP contribution is 2.27. The van der Waals surface area contributed by atoms with E-state index in [0.29, 0.717) is 17.5 Å². The molecule has 2 rings (SSSR count). The molecule has 1 aliphatic rings. The SMILES string of the molecule is C[C@@H]1Cc2c(F)cccc2C1=O. The van der Waals surface area contributed by atoms with Gasteiger partial charge in [-0.15, -0.1) is 0 Å². The van der Waals surface area contributed by atoms with Crippen LogP contribution < -0.4 is 0 Å². The van der Waals surface area contributed by atoms with Gasteiger partial charge in [0, 0.05) is 11.5 Å². The Morgan fingerprint density at radius 3 is 2.92 bits per heavy atom. The van der Waals surface area contributed by atoms with Crippen molar-refractivity contribution in [2.24, 2.45) is 5.92 Å². The Kier molecular flexibility index (Phi) is 1.50. The summed E-state index contributed by atoms with van der Waals surface area (Å²) in [6.07, 6.45) is 0.556. The first-order valence-corrected chi connectivity index (χ1v) is 4.01. The molecule has 1 aromatic rings. The first-order chi connectivity index (χ1) is 5.70. The molecule has 0 aliphatic heterocycles. The molecule has 62 valence electrons. The van der Waals surface area contributed by atoms with Gasteiger partial charge in [0.05, 0.1) is 0 Å². The molecule has 0 radical (unpaired) electrons. The molecule has 1 aliphatic carbocycles. The second kappa shape index (κ2) is 2.41. The summed E-state index contributed by atoms with van der Waals surface area (Å²) in [5, 5.41) is 0. The number of fused-ring (bicyclic) bond motifs is 1. The van der Waals surface area contributed by atoms with E-state index < -0.39 is 0 Å². The summed E-state index contributed by atoms with van der Waals surface area (Å²) in [7, 11) is 0. The van der Waals surface area contributed by atoms with Gasteiger partial charge < -0.3 is 0 Å². The van der Waals surface area contributed by atoms with Gasteiger partial charge in [0.15, 0.2) is 5.78 Å². The molecular formula is C10H9FO. The van der Waals surface area contributed by atoms with Crippen LogP contribution in [0.5, 0.6) is 0 Å². The fraction of sp³-hybridized carbons (Fsp3) is 0.300. The number of benzene rings is 1. The lowest BCUT2D eigenvalue weighted by Crippen LogP contribution is -2.02. The number of Topliss-reactive ketones (excluding diaryl/α,β-unsaturated/α-hetero) is 1. The zero-order valence-electron chi connectivity index (χ0n) is 6.80. The number of rotatable bonds is 0. The first-order valence-electron chi connectivity index (χ1n) is 4.01. The van der Waals surface area contributed by atoms with Crippen molar-refractivity contribution in [3.8, 4) is 0 Å². The summed E-state index contributed by atoms with van der Waals surface area (Å²) in [4.78, 5) is 11.4. The van der Waals surface area contributed by atoms with E-state index in [1.807, 2.05) is 6.92 Å². The molecule has 1 atom stereocenters. The van der Waals surface area contributed by atoms with E-state index in [-0.39, 0.29) is 17.5 Å². The van der Waals surface area contributed by atoms with E-state index in [1.54, 1.807) is 12.1 Å². The molecule has 0 heterocycles. The van der Waals surface area contributed by atoms with Gasteiger partial charge in [-0.2, -0.15) is 0 Å². The van der Waals surface area contributed by atoms with Crippen molar-refractivity contribution in [1.29, 1.82) is 0 Å². The minimum atomic E-state index is -0.245. The topological polar surface area (TPSA) is 17.1 Å². The summed E-state index contributed by atoms with van der Waals surface area (Å²) in [5.74, 6) is -0.216. The quantitative estimate of drug-likeness (QED) is 0.574. The summed E-state index contributed by atoms with van der Waals surface area (Å²) >= 11 is 0. The van der Waals surface area contributed by atoms with Crippen molar-refractivity contribution in [1.82, 2.24) is 0 Å². The van der Waals surface area contributed by atoms with Crippen LogP contribution in [0.15, 0.2) is 18.2 Å². The molecule has 2 heteroatoms. The normalized spacial score (nSPS) is 21.2. The third-order valence-corrected chi connectivity index (χ3v) is 2.34. The monoisotopic (exact) mass is 164 g/mol. The van der Waals surface area contributed by atoms with Crippen LogP contribution in [-0.2, 0) is 6.42 Å². The van der Waals surface area contributed by atoms with Gasteiger partial charge >= 0.3 is 0 Å². The van der Waals surface area contributed by atoms with Crippen molar-refractivity contribution in [3.63, 3.8) is 0 Å². The van der Waals surface area contributed by atoms with Gasteiger partial charge in [-0.1, -0.05) is 19.1 Å². The lowest BCUT2D eigenvalue weighted by Gasteiger charge is -1.96. The van der Waals surface area contributed by atoms with Gasteiger partial charge in [0.1, 0.15) is 5.82 Å². The van der Waals surface area contributed by atoms with E-state index in [0.717, 1.165) is 0 Å². The highest BCUT2D eigenvalue weighted by atomic mass is 19.1. The fourth-order valence-corrected chi connectivity index (χ4v) is 1.66. The Hall–Kier alpha value is -1.18. The molecule has 0 fully saturated rings. The molecule has 0 unspecified atom stereocenters. The Bertz CT molecular complexity index is 344. The fourth-order valence-electron chi connectivity index (χ4n) is 1.66. The second-order valence-corrected chi connectivity index (χ2v) is 3.24. The number of carbonyl (C=O) groups excluding carboxylic acids is 1. The average Bonchev–Trinajstić information content (AvgIpc) is 2.32. The van der Waals surface area contributed by atoms with Gasteiger partial charge in [0.25, 0.3) is 0 Å². The van der Waals surface area contributed by atoms with Crippen molar-refractivity contribution in [2.75, 3.05) is 0 Å². The van der Waals surface area contributed by atoms with Crippen molar-refractivity contribution < 1.29 is 9.18 Å². The highest BCUT2D eigenvalue weighted by molar-refractivity contribution is 6.01. The van der Waals surface area contributed by atoms with Crippen LogP contribution in [0.1, 0.15) is 22.8 Å². The standard InChI is InChI=1S/C10H9FO/c1-6-5-8-7(10(6)12)3-2-4-9(8)11/h2-4,6H,5H2,1H3/t6-/m1/s1. The van der Waals surface area contributed by atoms with Crippen LogP contribution in [0.25, 0.3) is 0 Å². The largest absolute Gasteiger partial charge is 0.294 e. The van der Waals surface area contributed by atoms with Gasteiger partial charge in [-0.25, -0.2) is 4.39 Å². The molecular weight excluding hydrogens is 155 g/mol. The Labute approximate surface area is 70.2 Å². The lowest BCUT2D eigenvalue weighted by atomic mass is 10.1. The van der Waals surface area contributed by atoms with Crippen molar-refractivity contribution in [3.05, 3.63) is 35.1 Å². The summed E-state index contributed by atoms with van der Waals surface area (Å²) in [6.45, 7) is 1.84. The Morgan fingerprint density at radius 1 is 1.50 bits per heavy atom. The Morgan fingerprint density at radius 2 is 2.25 bits per heavy atom. The summed E-state index contributed by atoms with van der Waals surface area (Å²) in [5.41, 5.74) is 1.16. The number of carbonyl (C=O) groups is 1. The van der Waals surface area contributed by atoms with E-state index in [9.17, 15) is 9.18 Å². The van der Waals surface area contributed by atoms with Crippen LogP contribution in [0, 0.1) is 11.7 Å². The number of hydrogen-bond acceptors (Lipinski definition) is 1. The van der Waals surface area contributed by atoms with E-state index in [4.69, 9.17) is 0 Å². The predicted molar refractivity (Wildman–Crippen MR) is 43.6 cm³/mol. The maximum Gasteiger partial charge on any atom is 0.166 e. The molecule has 12 heavy (non-hydrogen) atoms. The van der Waals surface area contributed by atoms with Gasteiger partial charge in [-0.05, 0) is 18.1 Å². The second-order valence-electron chi connectivity index (χ2n) is 3.24.